The Balaban J connectivity index is 1.72. The molecular weight excluding hydrogens is 345 g/mol. The van der Waals surface area contributed by atoms with Gasteiger partial charge in [-0.2, -0.15) is 0 Å². The number of anilines is 1. The van der Waals surface area contributed by atoms with E-state index >= 15 is 0 Å². The van der Waals surface area contributed by atoms with Gasteiger partial charge in [-0.05, 0) is 49.1 Å². The second kappa shape index (κ2) is 7.36. The summed E-state index contributed by atoms with van der Waals surface area (Å²) in [6.07, 6.45) is 8.36. The summed E-state index contributed by atoms with van der Waals surface area (Å²) < 4.78 is 13.9. The van der Waals surface area contributed by atoms with E-state index < -0.39 is 0 Å². The molecule has 0 radical (unpaired) electrons. The number of hydrogen-bond acceptors (Lipinski definition) is 3. The number of halogens is 1. The smallest absolute Gasteiger partial charge is 0.175 e. The van der Waals surface area contributed by atoms with Gasteiger partial charge in [-0.3, -0.25) is 4.79 Å². The van der Waals surface area contributed by atoms with E-state index in [1.54, 1.807) is 17.4 Å². The number of ketones is 1. The molecule has 1 aliphatic carbocycles. The molecule has 1 aliphatic heterocycles. The quantitative estimate of drug-likeness (QED) is 0.496. The Labute approximate surface area is 158 Å². The van der Waals surface area contributed by atoms with E-state index in [2.05, 4.69) is 17.5 Å². The predicted molar refractivity (Wildman–Crippen MR) is 107 cm³/mol. The van der Waals surface area contributed by atoms with E-state index in [1.807, 2.05) is 12.1 Å². The summed E-state index contributed by atoms with van der Waals surface area (Å²) in [7, 11) is 0. The SMILES string of the molecule is C=CCN1CCc2cc(C(=O)C3CCCCC3)sc2-c2ccc(F)cc21. The number of carbonyl (C=O) groups is 1. The highest BCUT2D eigenvalue weighted by atomic mass is 32.1. The number of hydrogen-bond donors (Lipinski definition) is 0. The average molecular weight is 370 g/mol. The third-order valence-electron chi connectivity index (χ3n) is 5.57. The second-order valence-electron chi connectivity index (χ2n) is 7.31. The minimum atomic E-state index is -0.226. The maximum atomic E-state index is 13.9. The van der Waals surface area contributed by atoms with Crippen molar-refractivity contribution in [3.8, 4) is 10.4 Å². The Morgan fingerprint density at radius 3 is 2.85 bits per heavy atom. The lowest BCUT2D eigenvalue weighted by Gasteiger charge is -2.23. The summed E-state index contributed by atoms with van der Waals surface area (Å²) in [5.41, 5.74) is 3.16. The van der Waals surface area contributed by atoms with Crippen LogP contribution in [-0.2, 0) is 6.42 Å². The zero-order chi connectivity index (χ0) is 18.1. The highest BCUT2D eigenvalue weighted by Crippen LogP contribution is 2.42. The van der Waals surface area contributed by atoms with Crippen molar-refractivity contribution < 1.29 is 9.18 Å². The number of nitrogens with zero attached hydrogens (tertiary/aromatic N) is 1. The molecule has 1 fully saturated rings. The van der Waals surface area contributed by atoms with E-state index in [1.165, 1.54) is 30.9 Å². The van der Waals surface area contributed by atoms with Crippen molar-refractivity contribution in [1.82, 2.24) is 0 Å². The molecule has 4 heteroatoms. The van der Waals surface area contributed by atoms with E-state index in [-0.39, 0.29) is 11.7 Å². The van der Waals surface area contributed by atoms with Crippen LogP contribution in [0.1, 0.15) is 47.3 Å². The lowest BCUT2D eigenvalue weighted by Crippen LogP contribution is -2.25. The number of rotatable bonds is 4. The van der Waals surface area contributed by atoms with E-state index in [9.17, 15) is 9.18 Å². The molecule has 0 spiro atoms. The van der Waals surface area contributed by atoms with Gasteiger partial charge in [0.15, 0.2) is 5.78 Å². The zero-order valence-electron chi connectivity index (χ0n) is 15.0. The first kappa shape index (κ1) is 17.5. The van der Waals surface area contributed by atoms with Crippen LogP contribution in [0.4, 0.5) is 10.1 Å². The standard InChI is InChI=1S/C22H24FNOS/c1-2-11-24-12-10-16-13-20(21(25)15-6-4-3-5-7-15)26-22(16)18-9-8-17(23)14-19(18)24/h2,8-9,13-15H,1,3-7,10-12H2. The second-order valence-corrected chi connectivity index (χ2v) is 8.36. The molecular formula is C22H24FNOS. The van der Waals surface area contributed by atoms with Gasteiger partial charge in [-0.1, -0.05) is 25.3 Å². The largest absolute Gasteiger partial charge is 0.367 e. The fraction of sp³-hybridized carbons (Fsp3) is 0.409. The minimum Gasteiger partial charge on any atom is -0.367 e. The molecule has 0 unspecified atom stereocenters. The monoisotopic (exact) mass is 369 g/mol. The van der Waals surface area contributed by atoms with Crippen molar-refractivity contribution in [2.75, 3.05) is 18.0 Å². The van der Waals surface area contributed by atoms with Gasteiger partial charge in [0.05, 0.1) is 4.88 Å². The van der Waals surface area contributed by atoms with Crippen molar-refractivity contribution in [3.63, 3.8) is 0 Å². The van der Waals surface area contributed by atoms with E-state index in [4.69, 9.17) is 0 Å². The van der Waals surface area contributed by atoms with Gasteiger partial charge in [0.25, 0.3) is 0 Å². The van der Waals surface area contributed by atoms with Gasteiger partial charge in [-0.25, -0.2) is 4.39 Å². The molecule has 2 aromatic rings. The molecule has 1 aromatic heterocycles. The van der Waals surface area contributed by atoms with E-state index in [0.29, 0.717) is 12.3 Å². The fourth-order valence-corrected chi connectivity index (χ4v) is 5.47. The Kier molecular flexibility index (Phi) is 4.94. The molecule has 0 N–H and O–H groups in total. The lowest BCUT2D eigenvalue weighted by molar-refractivity contribution is 0.0894. The molecule has 2 heterocycles. The third kappa shape index (κ3) is 3.23. The highest BCUT2D eigenvalue weighted by molar-refractivity contribution is 7.17. The van der Waals surface area contributed by atoms with E-state index in [0.717, 1.165) is 46.8 Å². The van der Waals surface area contributed by atoms with Crippen molar-refractivity contribution in [3.05, 3.63) is 53.2 Å². The topological polar surface area (TPSA) is 20.3 Å². The summed E-state index contributed by atoms with van der Waals surface area (Å²) in [6.45, 7) is 5.33. The summed E-state index contributed by atoms with van der Waals surface area (Å²) in [4.78, 5) is 17.1. The Morgan fingerprint density at radius 1 is 1.27 bits per heavy atom. The third-order valence-corrected chi connectivity index (χ3v) is 6.80. The molecule has 136 valence electrons. The predicted octanol–water partition coefficient (Wildman–Crippen LogP) is 5.87. The number of thiophene rings is 1. The Hall–Kier alpha value is -1.94. The normalized spacial score (nSPS) is 17.3. The summed E-state index contributed by atoms with van der Waals surface area (Å²) in [5.74, 6) is 0.279. The molecule has 0 atom stereocenters. The lowest BCUT2D eigenvalue weighted by atomic mass is 9.85. The first-order valence-corrected chi connectivity index (χ1v) is 10.3. The van der Waals surface area contributed by atoms with Crippen LogP contribution in [0.15, 0.2) is 36.9 Å². The molecule has 2 aliphatic rings. The Bertz CT molecular complexity index is 835. The van der Waals surface area contributed by atoms with Crippen molar-refractivity contribution in [2.45, 2.75) is 38.5 Å². The van der Waals surface area contributed by atoms with Gasteiger partial charge in [0.1, 0.15) is 5.82 Å². The summed E-state index contributed by atoms with van der Waals surface area (Å²) in [6, 6.07) is 7.08. The highest BCUT2D eigenvalue weighted by Gasteiger charge is 2.27. The van der Waals surface area contributed by atoms with Crippen LogP contribution in [0.2, 0.25) is 0 Å². The van der Waals surface area contributed by atoms with Gasteiger partial charge < -0.3 is 4.90 Å². The number of carbonyl (C=O) groups excluding carboxylic acids is 1. The summed E-state index contributed by atoms with van der Waals surface area (Å²) in [5, 5.41) is 0. The van der Waals surface area contributed by atoms with Gasteiger partial charge in [0, 0.05) is 35.1 Å². The first-order chi connectivity index (χ1) is 12.7. The van der Waals surface area contributed by atoms with Crippen molar-refractivity contribution in [2.24, 2.45) is 5.92 Å². The molecule has 2 nitrogen and oxygen atoms in total. The average Bonchev–Trinajstić information content (AvgIpc) is 3.03. The Morgan fingerprint density at radius 2 is 2.08 bits per heavy atom. The molecule has 4 rings (SSSR count). The number of fused-ring (bicyclic) bond motifs is 3. The number of Topliss-reactive ketones (excluding diaryl/α,β-unsaturated/α-hetero) is 1. The summed E-state index contributed by atoms with van der Waals surface area (Å²) >= 11 is 1.59. The molecule has 26 heavy (non-hydrogen) atoms. The molecule has 0 amide bonds. The maximum Gasteiger partial charge on any atom is 0.175 e. The van der Waals surface area contributed by atoms with Crippen LogP contribution in [-0.4, -0.2) is 18.9 Å². The van der Waals surface area contributed by atoms with Crippen LogP contribution in [0.5, 0.6) is 0 Å². The van der Waals surface area contributed by atoms with Crippen molar-refractivity contribution in [1.29, 1.82) is 0 Å². The molecule has 1 saturated carbocycles. The maximum absolute atomic E-state index is 13.9. The van der Waals surface area contributed by atoms with Crippen LogP contribution in [0.25, 0.3) is 10.4 Å². The van der Waals surface area contributed by atoms with Gasteiger partial charge in [0.2, 0.25) is 0 Å². The van der Waals surface area contributed by atoms with Crippen LogP contribution in [0.3, 0.4) is 0 Å². The molecule has 1 aromatic carbocycles. The molecule has 0 saturated heterocycles. The number of benzene rings is 1. The molecule has 0 bridgehead atoms. The van der Waals surface area contributed by atoms with Crippen LogP contribution in [0, 0.1) is 11.7 Å². The van der Waals surface area contributed by atoms with Gasteiger partial charge in [-0.15, -0.1) is 17.9 Å². The fourth-order valence-electron chi connectivity index (χ4n) is 4.21. The zero-order valence-corrected chi connectivity index (χ0v) is 15.8. The minimum absolute atomic E-state index is 0.191. The van der Waals surface area contributed by atoms with Crippen molar-refractivity contribution >= 4 is 22.8 Å². The van der Waals surface area contributed by atoms with Crippen LogP contribution < -0.4 is 4.90 Å². The first-order valence-electron chi connectivity index (χ1n) is 9.50. The van der Waals surface area contributed by atoms with Crippen LogP contribution >= 0.6 is 11.3 Å². The van der Waals surface area contributed by atoms with Gasteiger partial charge >= 0.3 is 0 Å².